The van der Waals surface area contributed by atoms with Crippen LogP contribution in [0.5, 0.6) is 0 Å². The molecule has 0 aliphatic carbocycles. The van der Waals surface area contributed by atoms with Gasteiger partial charge in [0.15, 0.2) is 0 Å². The lowest BCUT2D eigenvalue weighted by Gasteiger charge is -2.14. The van der Waals surface area contributed by atoms with Crippen molar-refractivity contribution in [3.8, 4) is 0 Å². The molecule has 1 aromatic carbocycles. The van der Waals surface area contributed by atoms with E-state index in [9.17, 15) is 0 Å². The molecule has 0 aliphatic heterocycles. The molecule has 0 amide bonds. The van der Waals surface area contributed by atoms with Crippen molar-refractivity contribution in [3.05, 3.63) is 35.4 Å². The number of hydrogen-bond donors (Lipinski definition) is 1. The van der Waals surface area contributed by atoms with Crippen molar-refractivity contribution in [1.29, 1.82) is 0 Å². The van der Waals surface area contributed by atoms with Crippen LogP contribution in [0.1, 0.15) is 25.0 Å². The molecule has 2 heteroatoms. The van der Waals surface area contributed by atoms with Crippen LogP contribution in [0.3, 0.4) is 0 Å². The predicted octanol–water partition coefficient (Wildman–Crippen LogP) is 2.18. The zero-order chi connectivity index (χ0) is 10.6. The van der Waals surface area contributed by atoms with E-state index in [1.165, 1.54) is 5.56 Å². The van der Waals surface area contributed by atoms with Crippen LogP contribution in [0, 0.1) is 6.92 Å². The molecule has 1 rings (SSSR count). The molecule has 0 saturated carbocycles. The van der Waals surface area contributed by atoms with Gasteiger partial charge in [0.1, 0.15) is 0 Å². The molecular weight excluding hydrogens is 174 g/mol. The molecule has 1 N–H and O–H groups in total. The van der Waals surface area contributed by atoms with Gasteiger partial charge in [-0.05, 0) is 26.3 Å². The van der Waals surface area contributed by atoms with Gasteiger partial charge in [0.25, 0.3) is 0 Å². The normalized spacial score (nSPS) is 12.3. The fourth-order valence-corrected chi connectivity index (χ4v) is 1.04. The summed E-state index contributed by atoms with van der Waals surface area (Å²) in [7, 11) is 0. The summed E-state index contributed by atoms with van der Waals surface area (Å²) in [5, 5.41) is 9.01. The third-order valence-electron chi connectivity index (χ3n) is 1.99. The van der Waals surface area contributed by atoms with E-state index in [4.69, 9.17) is 5.11 Å². The van der Waals surface area contributed by atoms with Crippen molar-refractivity contribution >= 4 is 6.21 Å². The number of hydrogen-bond acceptors (Lipinski definition) is 2. The number of benzene rings is 1. The molecule has 0 spiro atoms. The average Bonchev–Trinajstić information content (AvgIpc) is 2.15. The van der Waals surface area contributed by atoms with Crippen molar-refractivity contribution in [2.45, 2.75) is 26.3 Å². The van der Waals surface area contributed by atoms with Crippen LogP contribution in [0.2, 0.25) is 0 Å². The lowest BCUT2D eigenvalue weighted by Crippen LogP contribution is -2.21. The standard InChI is InChI=1S/C12H17NO/c1-10-5-4-6-11(7-10)8-13-12(2,3)9-14/h4-8,14H,9H2,1-3H3. The van der Waals surface area contributed by atoms with Gasteiger partial charge < -0.3 is 5.11 Å². The first-order valence-corrected chi connectivity index (χ1v) is 4.76. The highest BCUT2D eigenvalue weighted by atomic mass is 16.3. The fourth-order valence-electron chi connectivity index (χ4n) is 1.04. The molecular formula is C12H17NO. The van der Waals surface area contributed by atoms with Crippen molar-refractivity contribution in [2.24, 2.45) is 4.99 Å². The minimum Gasteiger partial charge on any atom is -0.394 e. The van der Waals surface area contributed by atoms with Gasteiger partial charge >= 0.3 is 0 Å². The van der Waals surface area contributed by atoms with E-state index in [-0.39, 0.29) is 12.1 Å². The molecule has 0 heterocycles. The minimum absolute atomic E-state index is 0.0648. The van der Waals surface area contributed by atoms with Gasteiger partial charge in [-0.15, -0.1) is 0 Å². The Hall–Kier alpha value is -1.15. The van der Waals surface area contributed by atoms with E-state index in [0.29, 0.717) is 0 Å². The van der Waals surface area contributed by atoms with Gasteiger partial charge in [0, 0.05) is 6.21 Å². The highest BCUT2D eigenvalue weighted by Gasteiger charge is 2.12. The monoisotopic (exact) mass is 191 g/mol. The first kappa shape index (κ1) is 10.9. The van der Waals surface area contributed by atoms with Crippen LogP contribution in [0.25, 0.3) is 0 Å². The van der Waals surface area contributed by atoms with Crippen LogP contribution in [-0.4, -0.2) is 23.5 Å². The Balaban J connectivity index is 2.78. The zero-order valence-corrected chi connectivity index (χ0v) is 8.99. The fraction of sp³-hybridized carbons (Fsp3) is 0.417. The number of aryl methyl sites for hydroxylation is 1. The van der Waals surface area contributed by atoms with Gasteiger partial charge in [-0.1, -0.05) is 29.8 Å². The summed E-state index contributed by atoms with van der Waals surface area (Å²) in [5.74, 6) is 0. The Morgan fingerprint density at radius 3 is 2.71 bits per heavy atom. The second-order valence-corrected chi connectivity index (χ2v) is 4.14. The van der Waals surface area contributed by atoms with Gasteiger partial charge in [0.2, 0.25) is 0 Å². The summed E-state index contributed by atoms with van der Waals surface area (Å²) in [5.41, 5.74) is 1.91. The van der Waals surface area contributed by atoms with Crippen LogP contribution in [0.15, 0.2) is 29.3 Å². The summed E-state index contributed by atoms with van der Waals surface area (Å²) in [6, 6.07) is 8.12. The number of rotatable bonds is 3. The third-order valence-corrected chi connectivity index (χ3v) is 1.99. The van der Waals surface area contributed by atoms with Gasteiger partial charge in [-0.2, -0.15) is 0 Å². The summed E-state index contributed by atoms with van der Waals surface area (Å²) < 4.78 is 0. The maximum atomic E-state index is 9.01. The molecule has 0 saturated heterocycles. The molecule has 0 fully saturated rings. The topological polar surface area (TPSA) is 32.6 Å². The van der Waals surface area contributed by atoms with Crippen LogP contribution in [-0.2, 0) is 0 Å². The molecule has 0 atom stereocenters. The SMILES string of the molecule is Cc1cccc(C=NC(C)(C)CO)c1. The molecule has 0 radical (unpaired) electrons. The summed E-state index contributed by atoms with van der Waals surface area (Å²) in [6.45, 7) is 5.92. The number of nitrogens with zero attached hydrogens (tertiary/aromatic N) is 1. The van der Waals surface area contributed by atoms with E-state index in [1.54, 1.807) is 0 Å². The third kappa shape index (κ3) is 3.30. The molecule has 76 valence electrons. The largest absolute Gasteiger partial charge is 0.394 e. The number of aliphatic hydroxyl groups excluding tert-OH is 1. The maximum absolute atomic E-state index is 9.01. The number of aliphatic hydroxyl groups is 1. The van der Waals surface area contributed by atoms with E-state index in [1.807, 2.05) is 32.2 Å². The van der Waals surface area contributed by atoms with Crippen molar-refractivity contribution in [2.75, 3.05) is 6.61 Å². The molecule has 0 aliphatic rings. The lowest BCUT2D eigenvalue weighted by atomic mass is 10.1. The average molecular weight is 191 g/mol. The minimum atomic E-state index is -0.385. The molecule has 1 aromatic rings. The highest BCUT2D eigenvalue weighted by molar-refractivity contribution is 5.80. The molecule has 14 heavy (non-hydrogen) atoms. The van der Waals surface area contributed by atoms with Crippen LogP contribution < -0.4 is 0 Å². The van der Waals surface area contributed by atoms with Gasteiger partial charge in [-0.25, -0.2) is 0 Å². The van der Waals surface area contributed by atoms with Crippen LogP contribution in [0.4, 0.5) is 0 Å². The Labute approximate surface area is 85.3 Å². The van der Waals surface area contributed by atoms with E-state index in [0.717, 1.165) is 5.56 Å². The molecule has 0 aromatic heterocycles. The second kappa shape index (κ2) is 4.38. The van der Waals surface area contributed by atoms with Gasteiger partial charge in [-0.3, -0.25) is 4.99 Å². The number of aliphatic imine (C=N–C) groups is 1. The van der Waals surface area contributed by atoms with E-state index in [2.05, 4.69) is 24.0 Å². The van der Waals surface area contributed by atoms with E-state index < -0.39 is 0 Å². The lowest BCUT2D eigenvalue weighted by molar-refractivity contribution is 0.223. The highest BCUT2D eigenvalue weighted by Crippen LogP contribution is 2.08. The Kier molecular flexibility index (Phi) is 3.42. The van der Waals surface area contributed by atoms with Gasteiger partial charge in [0.05, 0.1) is 12.1 Å². The Morgan fingerprint density at radius 1 is 1.43 bits per heavy atom. The predicted molar refractivity (Wildman–Crippen MR) is 59.9 cm³/mol. The smallest absolute Gasteiger partial charge is 0.0782 e. The molecule has 0 unspecified atom stereocenters. The molecule has 0 bridgehead atoms. The first-order chi connectivity index (χ1) is 6.53. The summed E-state index contributed by atoms with van der Waals surface area (Å²) >= 11 is 0. The van der Waals surface area contributed by atoms with Crippen LogP contribution >= 0.6 is 0 Å². The Bertz CT molecular complexity index is 329. The summed E-state index contributed by atoms with van der Waals surface area (Å²) in [4.78, 5) is 4.31. The van der Waals surface area contributed by atoms with E-state index >= 15 is 0 Å². The quantitative estimate of drug-likeness (QED) is 0.730. The van der Waals surface area contributed by atoms with Crippen molar-refractivity contribution in [3.63, 3.8) is 0 Å². The van der Waals surface area contributed by atoms with Crippen molar-refractivity contribution in [1.82, 2.24) is 0 Å². The Morgan fingerprint density at radius 2 is 2.14 bits per heavy atom. The second-order valence-electron chi connectivity index (χ2n) is 4.14. The van der Waals surface area contributed by atoms with Crippen molar-refractivity contribution < 1.29 is 5.11 Å². The maximum Gasteiger partial charge on any atom is 0.0782 e. The first-order valence-electron chi connectivity index (χ1n) is 4.76. The molecule has 2 nitrogen and oxygen atoms in total. The zero-order valence-electron chi connectivity index (χ0n) is 8.99. The summed E-state index contributed by atoms with van der Waals surface area (Å²) in [6.07, 6.45) is 1.81.